The summed E-state index contributed by atoms with van der Waals surface area (Å²) in [6, 6.07) is 29.1. The van der Waals surface area contributed by atoms with E-state index in [2.05, 4.69) is 107 Å². The number of rotatable bonds is 12. The van der Waals surface area contributed by atoms with Gasteiger partial charge in [0.2, 0.25) is 11.8 Å². The minimum atomic E-state index is -0.279. The predicted octanol–water partition coefficient (Wildman–Crippen LogP) is 6.21. The van der Waals surface area contributed by atoms with Gasteiger partial charge >= 0.3 is 0 Å². The zero-order valence-electron chi connectivity index (χ0n) is 27.0. The lowest BCUT2D eigenvalue weighted by atomic mass is 9.90. The van der Waals surface area contributed by atoms with Gasteiger partial charge in [0.1, 0.15) is 0 Å². The summed E-state index contributed by atoms with van der Waals surface area (Å²) in [5.41, 5.74) is 4.72. The van der Waals surface area contributed by atoms with Crippen LogP contribution in [-0.2, 0) is 9.59 Å². The number of amides is 2. The van der Waals surface area contributed by atoms with E-state index in [1.807, 2.05) is 18.2 Å². The van der Waals surface area contributed by atoms with E-state index in [0.29, 0.717) is 25.6 Å². The molecule has 0 spiro atoms. The van der Waals surface area contributed by atoms with Crippen LogP contribution in [0.2, 0.25) is 0 Å². The molecule has 2 aliphatic rings. The Morgan fingerprint density at radius 2 is 1.51 bits per heavy atom. The van der Waals surface area contributed by atoms with Gasteiger partial charge in [-0.25, -0.2) is 0 Å². The normalized spacial score (nSPS) is 19.7. The number of likely N-dealkylation sites (tertiary alicyclic amines) is 1. The number of nitrogens with zero attached hydrogens (tertiary/aromatic N) is 2. The van der Waals surface area contributed by atoms with Crippen molar-refractivity contribution in [3.63, 3.8) is 0 Å². The van der Waals surface area contributed by atoms with Crippen LogP contribution in [0, 0.1) is 0 Å². The van der Waals surface area contributed by atoms with Crippen molar-refractivity contribution >= 4 is 17.9 Å². The average molecular weight is 607 g/mol. The van der Waals surface area contributed by atoms with Crippen molar-refractivity contribution in [3.05, 3.63) is 113 Å². The second kappa shape index (κ2) is 16.5. The molecule has 5 rings (SSSR count). The van der Waals surface area contributed by atoms with Gasteiger partial charge in [0.15, 0.2) is 0 Å². The van der Waals surface area contributed by atoms with E-state index in [1.54, 1.807) is 6.08 Å². The highest BCUT2D eigenvalue weighted by molar-refractivity contribution is 5.91. The topological polar surface area (TPSA) is 64.7 Å². The Labute approximate surface area is 269 Å². The van der Waals surface area contributed by atoms with Crippen molar-refractivity contribution < 1.29 is 9.59 Å². The summed E-state index contributed by atoms with van der Waals surface area (Å²) in [4.78, 5) is 31.6. The number of piperidine rings is 1. The molecular weight excluding hydrogens is 556 g/mol. The third-order valence-corrected chi connectivity index (χ3v) is 9.34. The molecule has 2 unspecified atom stereocenters. The Kier molecular flexibility index (Phi) is 12.0. The molecular formula is C39H50N4O2. The number of benzene rings is 3. The van der Waals surface area contributed by atoms with Gasteiger partial charge < -0.3 is 20.4 Å². The monoisotopic (exact) mass is 606 g/mol. The van der Waals surface area contributed by atoms with Gasteiger partial charge in [-0.15, -0.1) is 0 Å². The Morgan fingerprint density at radius 1 is 0.867 bits per heavy atom. The zero-order chi connectivity index (χ0) is 31.4. The molecule has 0 aliphatic carbocycles. The smallest absolute Gasteiger partial charge is 0.244 e. The van der Waals surface area contributed by atoms with Crippen LogP contribution < -0.4 is 10.6 Å². The van der Waals surface area contributed by atoms with Crippen LogP contribution in [0.1, 0.15) is 80.0 Å². The maximum Gasteiger partial charge on any atom is 0.244 e. The molecule has 0 bridgehead atoms. The molecule has 45 heavy (non-hydrogen) atoms. The van der Waals surface area contributed by atoms with Crippen LogP contribution in [0.25, 0.3) is 6.08 Å². The number of carbonyl (C=O) groups is 2. The fourth-order valence-corrected chi connectivity index (χ4v) is 6.57. The second-order valence-electron chi connectivity index (χ2n) is 13.0. The van der Waals surface area contributed by atoms with Gasteiger partial charge in [0.25, 0.3) is 0 Å². The summed E-state index contributed by atoms with van der Waals surface area (Å²) in [6.45, 7) is 9.26. The first-order valence-corrected chi connectivity index (χ1v) is 16.9. The molecule has 3 aromatic rings. The number of hydrogen-bond acceptors (Lipinski definition) is 4. The van der Waals surface area contributed by atoms with Crippen LogP contribution in [-0.4, -0.2) is 73.0 Å². The highest BCUT2D eigenvalue weighted by Crippen LogP contribution is 2.27. The number of carbonyl (C=O) groups excluding carboxylic acids is 2. The van der Waals surface area contributed by atoms with E-state index in [4.69, 9.17) is 0 Å². The largest absolute Gasteiger partial charge is 0.351 e. The van der Waals surface area contributed by atoms with E-state index >= 15 is 0 Å². The van der Waals surface area contributed by atoms with Crippen molar-refractivity contribution in [2.45, 2.75) is 69.9 Å². The summed E-state index contributed by atoms with van der Waals surface area (Å²) in [5, 5.41) is 6.78. The van der Waals surface area contributed by atoms with Crippen LogP contribution in [0.3, 0.4) is 0 Å². The molecule has 6 heteroatoms. The third-order valence-electron chi connectivity index (χ3n) is 9.34. The molecule has 6 nitrogen and oxygen atoms in total. The molecule has 2 heterocycles. The summed E-state index contributed by atoms with van der Waals surface area (Å²) in [6.07, 6.45) is 8.79. The average Bonchev–Trinajstić information content (AvgIpc) is 3.23. The second-order valence-corrected chi connectivity index (χ2v) is 13.0. The van der Waals surface area contributed by atoms with Crippen LogP contribution >= 0.6 is 0 Å². The van der Waals surface area contributed by atoms with E-state index in [1.165, 1.54) is 36.0 Å². The Hall–Kier alpha value is -3.74. The number of nitrogens with one attached hydrogen (secondary N) is 2. The Bertz CT molecular complexity index is 1330. The summed E-state index contributed by atoms with van der Waals surface area (Å²) < 4.78 is 0. The molecule has 2 N–H and O–H groups in total. The zero-order valence-corrected chi connectivity index (χ0v) is 27.0. The fraction of sp³-hybridized carbons (Fsp3) is 0.436. The van der Waals surface area contributed by atoms with E-state index in [9.17, 15) is 9.59 Å². The van der Waals surface area contributed by atoms with Gasteiger partial charge in [-0.2, -0.15) is 0 Å². The Balaban J connectivity index is 1.26. The first kappa shape index (κ1) is 32.6. The molecule has 0 aromatic heterocycles. The molecule has 2 saturated heterocycles. The summed E-state index contributed by atoms with van der Waals surface area (Å²) >= 11 is 0. The van der Waals surface area contributed by atoms with Crippen molar-refractivity contribution in [1.29, 1.82) is 0 Å². The first-order valence-electron chi connectivity index (χ1n) is 16.9. The molecule has 2 fully saturated rings. The molecule has 2 atom stereocenters. The van der Waals surface area contributed by atoms with Crippen LogP contribution in [0.4, 0.5) is 0 Å². The SMILES string of the molecule is CC(C)c1ccc(C=CC(=O)NCC2CCN(CC(c3ccccc3)c3ccccc3)C(=O)C(CCN3CCCCC3)N2)cc1. The number of hydrogen-bond donors (Lipinski definition) is 2. The highest BCUT2D eigenvalue weighted by atomic mass is 16.2. The predicted molar refractivity (Wildman–Crippen MR) is 184 cm³/mol. The molecule has 238 valence electrons. The summed E-state index contributed by atoms with van der Waals surface area (Å²) in [7, 11) is 0. The minimum Gasteiger partial charge on any atom is -0.351 e. The van der Waals surface area contributed by atoms with Crippen molar-refractivity contribution in [3.8, 4) is 0 Å². The van der Waals surface area contributed by atoms with Gasteiger partial charge in [-0.05, 0) is 73.0 Å². The van der Waals surface area contributed by atoms with Crippen LogP contribution in [0.15, 0.2) is 91.0 Å². The van der Waals surface area contributed by atoms with E-state index < -0.39 is 0 Å². The minimum absolute atomic E-state index is 0.0138. The van der Waals surface area contributed by atoms with Crippen LogP contribution in [0.5, 0.6) is 0 Å². The molecule has 2 aliphatic heterocycles. The third kappa shape index (κ3) is 9.62. The molecule has 2 amide bonds. The lowest BCUT2D eigenvalue weighted by Gasteiger charge is -2.31. The first-order chi connectivity index (χ1) is 22.0. The molecule has 0 saturated carbocycles. The van der Waals surface area contributed by atoms with Crippen molar-refractivity contribution in [2.24, 2.45) is 0 Å². The van der Waals surface area contributed by atoms with Gasteiger partial charge in [-0.3, -0.25) is 9.59 Å². The standard InChI is InChI=1S/C39H50N4O2/c1-30(2)32-19-16-31(17-20-32)18-21-38(44)40-28-35-22-27-43(39(45)37(41-35)23-26-42-24-10-5-11-25-42)29-36(33-12-6-3-7-13-33)34-14-8-4-9-15-34/h3-4,6-9,12-21,30,35-37,41H,5,10-11,22-29H2,1-2H3,(H,40,44). The molecule has 0 radical (unpaired) electrons. The van der Waals surface area contributed by atoms with Crippen molar-refractivity contribution in [2.75, 3.05) is 39.3 Å². The Morgan fingerprint density at radius 3 is 2.13 bits per heavy atom. The quantitative estimate of drug-likeness (QED) is 0.241. The van der Waals surface area contributed by atoms with Gasteiger partial charge in [0, 0.05) is 44.2 Å². The highest BCUT2D eigenvalue weighted by Gasteiger charge is 2.33. The maximum absolute atomic E-state index is 14.2. The lowest BCUT2D eigenvalue weighted by Crippen LogP contribution is -2.50. The fourth-order valence-electron chi connectivity index (χ4n) is 6.57. The maximum atomic E-state index is 14.2. The van der Waals surface area contributed by atoms with E-state index in [-0.39, 0.29) is 29.8 Å². The summed E-state index contributed by atoms with van der Waals surface area (Å²) in [5.74, 6) is 0.625. The lowest BCUT2D eigenvalue weighted by molar-refractivity contribution is -0.133. The van der Waals surface area contributed by atoms with E-state index in [0.717, 1.165) is 38.0 Å². The molecule has 3 aromatic carbocycles. The van der Waals surface area contributed by atoms with Gasteiger partial charge in [-0.1, -0.05) is 105 Å². The van der Waals surface area contributed by atoms with Crippen molar-refractivity contribution in [1.82, 2.24) is 20.4 Å². The van der Waals surface area contributed by atoms with Gasteiger partial charge in [0.05, 0.1) is 6.04 Å².